The Hall–Kier alpha value is -2.15. The molecule has 0 radical (unpaired) electrons. The van der Waals surface area contributed by atoms with Crippen LogP contribution in [0.3, 0.4) is 0 Å². The first-order valence-corrected chi connectivity index (χ1v) is 7.20. The van der Waals surface area contributed by atoms with Gasteiger partial charge in [0.2, 0.25) is 9.84 Å². The predicted octanol–water partition coefficient (Wildman–Crippen LogP) is -0.756. The summed E-state index contributed by atoms with van der Waals surface area (Å²) in [5.41, 5.74) is -1.07. The van der Waals surface area contributed by atoms with E-state index in [-0.39, 0.29) is 17.1 Å². The molecule has 0 bridgehead atoms. The van der Waals surface area contributed by atoms with Gasteiger partial charge in [-0.25, -0.2) is 8.42 Å². The molecule has 0 atom stereocenters. The molecule has 0 spiro atoms. The van der Waals surface area contributed by atoms with Gasteiger partial charge in [0.05, 0.1) is 21.7 Å². The molecule has 0 saturated heterocycles. The summed E-state index contributed by atoms with van der Waals surface area (Å²) in [5, 5.41) is 22.0. The molecule has 0 aliphatic heterocycles. The molecule has 0 saturated carbocycles. The smallest absolute Gasteiger partial charge is 0.545 e. The van der Waals surface area contributed by atoms with Gasteiger partial charge in [-0.3, -0.25) is 0 Å². The molecule has 0 aliphatic carbocycles. The standard InChI is InChI=1S/C14H10O6S.Fe/c15-13(16)9-5-1-3-7-11(9)21(19,20)12-8-4-2-6-10(12)14(17)18;/h1-8H,(H,15,16)(H,17,18);/q;+2/p-2. The molecule has 0 heterocycles. The van der Waals surface area contributed by atoms with Crippen molar-refractivity contribution in [2.45, 2.75) is 9.79 Å². The fraction of sp³-hybridized carbons (Fsp3) is 0. The van der Waals surface area contributed by atoms with E-state index in [0.717, 1.165) is 24.3 Å². The third-order valence-corrected chi connectivity index (χ3v) is 4.66. The number of rotatable bonds is 4. The summed E-state index contributed by atoms with van der Waals surface area (Å²) < 4.78 is 25.0. The molecule has 0 aliphatic rings. The summed E-state index contributed by atoms with van der Waals surface area (Å²) in [6.45, 7) is 0. The maximum Gasteiger partial charge on any atom is 2.00 e. The largest absolute Gasteiger partial charge is 2.00 e. The Kier molecular flexibility index (Phi) is 5.48. The first kappa shape index (κ1) is 17.9. The van der Waals surface area contributed by atoms with E-state index in [1.54, 1.807) is 0 Å². The van der Waals surface area contributed by atoms with E-state index < -0.39 is 42.7 Å². The van der Waals surface area contributed by atoms with Crippen LogP contribution in [-0.2, 0) is 26.9 Å². The van der Waals surface area contributed by atoms with Gasteiger partial charge in [0.25, 0.3) is 0 Å². The van der Waals surface area contributed by atoms with Crippen molar-refractivity contribution in [2.24, 2.45) is 0 Å². The molecular formula is C14H8FeO6S. The van der Waals surface area contributed by atoms with Gasteiger partial charge < -0.3 is 19.8 Å². The van der Waals surface area contributed by atoms with Crippen molar-refractivity contribution < 1.29 is 45.3 Å². The minimum atomic E-state index is -4.33. The minimum Gasteiger partial charge on any atom is -0.545 e. The molecule has 22 heavy (non-hydrogen) atoms. The Morgan fingerprint density at radius 1 is 0.727 bits per heavy atom. The molecule has 0 amide bonds. The van der Waals surface area contributed by atoms with Crippen LogP contribution in [0.2, 0.25) is 0 Å². The van der Waals surface area contributed by atoms with Crippen LogP contribution in [0.5, 0.6) is 0 Å². The molecule has 0 unspecified atom stereocenters. The van der Waals surface area contributed by atoms with E-state index in [1.165, 1.54) is 24.3 Å². The van der Waals surface area contributed by atoms with Crippen LogP contribution >= 0.6 is 0 Å². The van der Waals surface area contributed by atoms with Crippen LogP contribution in [0.15, 0.2) is 58.3 Å². The monoisotopic (exact) mass is 360 g/mol. The van der Waals surface area contributed by atoms with E-state index in [2.05, 4.69) is 0 Å². The average molecular weight is 360 g/mol. The third kappa shape index (κ3) is 3.19. The number of aromatic carboxylic acids is 2. The zero-order valence-electron chi connectivity index (χ0n) is 10.8. The SMILES string of the molecule is O=C([O-])c1ccccc1S(=O)(=O)c1ccccc1C(=O)[O-].[Fe+2]. The van der Waals surface area contributed by atoms with Gasteiger partial charge in [-0.05, 0) is 12.1 Å². The summed E-state index contributed by atoms with van der Waals surface area (Å²) >= 11 is 0. The quantitative estimate of drug-likeness (QED) is 0.663. The van der Waals surface area contributed by atoms with Gasteiger partial charge >= 0.3 is 17.1 Å². The predicted molar refractivity (Wildman–Crippen MR) is 67.0 cm³/mol. The Morgan fingerprint density at radius 2 is 1.05 bits per heavy atom. The normalized spacial score (nSPS) is 10.5. The molecule has 0 N–H and O–H groups in total. The number of carboxylic acid groups (broad SMARTS) is 2. The fourth-order valence-corrected chi connectivity index (χ4v) is 3.49. The molecule has 114 valence electrons. The van der Waals surface area contributed by atoms with Crippen molar-refractivity contribution in [3.63, 3.8) is 0 Å². The second-order valence-electron chi connectivity index (χ2n) is 4.07. The van der Waals surface area contributed by atoms with Crippen molar-refractivity contribution in [1.29, 1.82) is 0 Å². The number of hydrogen-bond acceptors (Lipinski definition) is 6. The molecule has 2 aromatic carbocycles. The molecular weight excluding hydrogens is 352 g/mol. The summed E-state index contributed by atoms with van der Waals surface area (Å²) in [4.78, 5) is 21.0. The van der Waals surface area contributed by atoms with Crippen LogP contribution in [-0.4, -0.2) is 20.4 Å². The van der Waals surface area contributed by atoms with Crippen LogP contribution in [0.1, 0.15) is 20.7 Å². The van der Waals surface area contributed by atoms with Crippen molar-refractivity contribution in [1.82, 2.24) is 0 Å². The Labute approximate surface area is 136 Å². The number of hydrogen-bond donors (Lipinski definition) is 0. The van der Waals surface area contributed by atoms with Crippen molar-refractivity contribution in [2.75, 3.05) is 0 Å². The number of carboxylic acids is 2. The maximum absolute atomic E-state index is 12.5. The van der Waals surface area contributed by atoms with Gasteiger partial charge in [0, 0.05) is 11.1 Å². The number of carbonyl (C=O) groups is 2. The summed E-state index contributed by atoms with van der Waals surface area (Å²) in [7, 11) is -4.33. The topological polar surface area (TPSA) is 114 Å². The van der Waals surface area contributed by atoms with Gasteiger partial charge in [0.1, 0.15) is 0 Å². The van der Waals surface area contributed by atoms with Gasteiger partial charge in [-0.15, -0.1) is 0 Å². The van der Waals surface area contributed by atoms with E-state index >= 15 is 0 Å². The van der Waals surface area contributed by atoms with Crippen LogP contribution in [0.4, 0.5) is 0 Å². The van der Waals surface area contributed by atoms with Gasteiger partial charge in [-0.2, -0.15) is 0 Å². The van der Waals surface area contributed by atoms with E-state index in [0.29, 0.717) is 0 Å². The average Bonchev–Trinajstić information content (AvgIpc) is 2.47. The Bertz CT molecular complexity index is 765. The first-order chi connectivity index (χ1) is 9.85. The van der Waals surface area contributed by atoms with E-state index in [1.807, 2.05) is 0 Å². The van der Waals surface area contributed by atoms with Crippen LogP contribution in [0.25, 0.3) is 0 Å². The fourth-order valence-electron chi connectivity index (χ4n) is 1.86. The Balaban J connectivity index is 0.00000242. The number of sulfone groups is 1. The zero-order chi connectivity index (χ0) is 15.6. The summed E-state index contributed by atoms with van der Waals surface area (Å²) in [6.07, 6.45) is 0. The van der Waals surface area contributed by atoms with Gasteiger partial charge in [0.15, 0.2) is 0 Å². The van der Waals surface area contributed by atoms with E-state index in [4.69, 9.17) is 0 Å². The number of carbonyl (C=O) groups excluding carboxylic acids is 2. The minimum absolute atomic E-state index is 0. The third-order valence-electron chi connectivity index (χ3n) is 2.79. The van der Waals surface area contributed by atoms with E-state index in [9.17, 15) is 28.2 Å². The molecule has 6 nitrogen and oxygen atoms in total. The second kappa shape index (κ2) is 6.74. The molecule has 2 rings (SSSR count). The van der Waals surface area contributed by atoms with Gasteiger partial charge in [-0.1, -0.05) is 36.4 Å². The first-order valence-electron chi connectivity index (χ1n) is 5.71. The molecule has 0 fully saturated rings. The van der Waals surface area contributed by atoms with Crippen molar-refractivity contribution in [3.05, 3.63) is 59.7 Å². The maximum atomic E-state index is 12.5. The van der Waals surface area contributed by atoms with Crippen LogP contribution in [0, 0.1) is 0 Å². The molecule has 2 aromatic rings. The zero-order valence-corrected chi connectivity index (χ0v) is 12.8. The van der Waals surface area contributed by atoms with Crippen LogP contribution < -0.4 is 10.2 Å². The Morgan fingerprint density at radius 3 is 1.36 bits per heavy atom. The molecule has 0 aromatic heterocycles. The second-order valence-corrected chi connectivity index (χ2v) is 5.96. The molecule has 8 heteroatoms. The number of benzene rings is 2. The summed E-state index contributed by atoms with van der Waals surface area (Å²) in [5.74, 6) is -3.33. The van der Waals surface area contributed by atoms with Crippen molar-refractivity contribution >= 4 is 21.8 Å². The van der Waals surface area contributed by atoms with Crippen molar-refractivity contribution in [3.8, 4) is 0 Å². The summed E-state index contributed by atoms with van der Waals surface area (Å²) in [6, 6.07) is 9.65.